The van der Waals surface area contributed by atoms with Gasteiger partial charge in [-0.1, -0.05) is 48.5 Å². The van der Waals surface area contributed by atoms with Crippen LogP contribution in [-0.4, -0.2) is 20.7 Å². The number of amides is 1. The number of benzene rings is 2. The van der Waals surface area contributed by atoms with E-state index >= 15 is 0 Å². The lowest BCUT2D eigenvalue weighted by Crippen LogP contribution is -2.14. The van der Waals surface area contributed by atoms with Crippen molar-refractivity contribution in [2.45, 2.75) is 13.1 Å². The fourth-order valence-electron chi connectivity index (χ4n) is 3.19. The summed E-state index contributed by atoms with van der Waals surface area (Å²) in [5, 5.41) is 7.03. The van der Waals surface area contributed by atoms with Gasteiger partial charge in [0.05, 0.1) is 23.0 Å². The first-order valence-corrected chi connectivity index (χ1v) is 9.38. The number of alkyl halides is 3. The summed E-state index contributed by atoms with van der Waals surface area (Å²) in [7, 11) is 0. The number of rotatable bonds is 4. The van der Waals surface area contributed by atoms with Gasteiger partial charge in [0, 0.05) is 17.4 Å². The van der Waals surface area contributed by atoms with E-state index in [4.69, 9.17) is 0 Å². The smallest absolute Gasteiger partial charge is 0.321 e. The van der Waals surface area contributed by atoms with Crippen LogP contribution in [-0.2, 0) is 6.18 Å². The molecule has 0 unspecified atom stereocenters. The molecule has 4 aromatic rings. The third-order valence-corrected chi connectivity index (χ3v) is 4.81. The van der Waals surface area contributed by atoms with Gasteiger partial charge in [-0.3, -0.25) is 4.79 Å². The lowest BCUT2D eigenvalue weighted by atomic mass is 10.0. The Morgan fingerprint density at radius 2 is 1.65 bits per heavy atom. The fraction of sp³-hybridized carbons (Fsp3) is 0.0870. The first-order chi connectivity index (χ1) is 14.8. The Bertz CT molecular complexity index is 1220. The molecule has 2 aromatic heterocycles. The normalized spacial score (nSPS) is 11.4. The molecule has 156 valence electrons. The Balaban J connectivity index is 1.60. The molecule has 2 heterocycles. The van der Waals surface area contributed by atoms with E-state index in [0.29, 0.717) is 16.9 Å². The number of halogens is 3. The lowest BCUT2D eigenvalue weighted by molar-refractivity contribution is -0.137. The predicted molar refractivity (Wildman–Crippen MR) is 111 cm³/mol. The van der Waals surface area contributed by atoms with E-state index < -0.39 is 11.7 Å². The van der Waals surface area contributed by atoms with Gasteiger partial charge in [0.25, 0.3) is 5.91 Å². The van der Waals surface area contributed by atoms with Crippen molar-refractivity contribution in [3.63, 3.8) is 0 Å². The van der Waals surface area contributed by atoms with Crippen molar-refractivity contribution in [1.29, 1.82) is 0 Å². The molecule has 0 saturated heterocycles. The largest absolute Gasteiger partial charge is 0.417 e. The molecule has 0 bridgehead atoms. The first kappa shape index (κ1) is 20.3. The van der Waals surface area contributed by atoms with Crippen LogP contribution in [0.4, 0.5) is 18.9 Å². The van der Waals surface area contributed by atoms with Crippen molar-refractivity contribution >= 4 is 11.6 Å². The number of anilines is 1. The number of para-hydroxylation sites is 1. The van der Waals surface area contributed by atoms with E-state index in [9.17, 15) is 18.0 Å². The van der Waals surface area contributed by atoms with Gasteiger partial charge in [0.2, 0.25) is 0 Å². The lowest BCUT2D eigenvalue weighted by Gasteiger charge is -2.11. The van der Waals surface area contributed by atoms with Crippen molar-refractivity contribution in [2.75, 3.05) is 5.32 Å². The van der Waals surface area contributed by atoms with E-state index in [1.807, 2.05) is 48.5 Å². The van der Waals surface area contributed by atoms with Crippen LogP contribution in [0, 0.1) is 6.92 Å². The van der Waals surface area contributed by atoms with Crippen LogP contribution < -0.4 is 5.32 Å². The van der Waals surface area contributed by atoms with Crippen LogP contribution in [0.2, 0.25) is 0 Å². The molecule has 0 aliphatic heterocycles. The molecular formula is C23H17F3N4O. The summed E-state index contributed by atoms with van der Waals surface area (Å²) < 4.78 is 39.6. The van der Waals surface area contributed by atoms with E-state index in [1.165, 1.54) is 16.9 Å². The summed E-state index contributed by atoms with van der Waals surface area (Å²) in [6.45, 7) is 1.66. The zero-order chi connectivity index (χ0) is 22.0. The summed E-state index contributed by atoms with van der Waals surface area (Å²) in [6, 6.07) is 19.2. The van der Waals surface area contributed by atoms with Gasteiger partial charge < -0.3 is 5.32 Å². The maximum atomic E-state index is 12.9. The topological polar surface area (TPSA) is 59.8 Å². The van der Waals surface area contributed by atoms with Crippen LogP contribution >= 0.6 is 0 Å². The predicted octanol–water partition coefficient (Wildman–Crippen LogP) is 5.51. The second-order valence-electron chi connectivity index (χ2n) is 6.82. The van der Waals surface area contributed by atoms with E-state index in [2.05, 4.69) is 15.4 Å². The SMILES string of the molecule is Cc1c(C(=O)Nc2ccccc2-c2ccccc2)cnn1-c1ccc(C(F)(F)F)cn1. The van der Waals surface area contributed by atoms with Gasteiger partial charge in [0.1, 0.15) is 0 Å². The van der Waals surface area contributed by atoms with Crippen molar-refractivity contribution in [3.05, 3.63) is 95.9 Å². The molecule has 0 fully saturated rings. The van der Waals surface area contributed by atoms with Crippen LogP contribution in [0.25, 0.3) is 16.9 Å². The highest BCUT2D eigenvalue weighted by atomic mass is 19.4. The number of pyridine rings is 1. The highest BCUT2D eigenvalue weighted by molar-refractivity contribution is 6.06. The number of hydrogen-bond acceptors (Lipinski definition) is 3. The molecule has 0 radical (unpaired) electrons. The van der Waals surface area contributed by atoms with Crippen molar-refractivity contribution in [3.8, 4) is 16.9 Å². The number of nitrogens with one attached hydrogen (secondary N) is 1. The quantitative estimate of drug-likeness (QED) is 0.472. The minimum Gasteiger partial charge on any atom is -0.321 e. The molecule has 1 amide bonds. The van der Waals surface area contributed by atoms with Crippen molar-refractivity contribution in [2.24, 2.45) is 0 Å². The summed E-state index contributed by atoms with van der Waals surface area (Å²) in [4.78, 5) is 16.8. The van der Waals surface area contributed by atoms with Gasteiger partial charge in [-0.2, -0.15) is 18.3 Å². The average Bonchev–Trinajstić information content (AvgIpc) is 3.15. The Morgan fingerprint density at radius 1 is 0.935 bits per heavy atom. The molecule has 0 saturated carbocycles. The Labute approximate surface area is 176 Å². The van der Waals surface area contributed by atoms with Crippen LogP contribution in [0.5, 0.6) is 0 Å². The Hall–Kier alpha value is -3.94. The Morgan fingerprint density at radius 3 is 2.32 bits per heavy atom. The number of hydrogen-bond donors (Lipinski definition) is 1. The number of nitrogens with zero attached hydrogens (tertiary/aromatic N) is 3. The zero-order valence-corrected chi connectivity index (χ0v) is 16.4. The number of carbonyl (C=O) groups is 1. The molecule has 0 aliphatic rings. The molecule has 8 heteroatoms. The second kappa shape index (κ2) is 8.06. The standard InChI is InChI=1S/C23H17F3N4O/c1-15-19(14-28-30(15)21-12-11-17(13-27-21)23(24,25)26)22(31)29-20-10-6-5-9-18(20)16-7-3-2-4-8-16/h2-14H,1H3,(H,29,31). The van der Waals surface area contributed by atoms with Crippen LogP contribution in [0.1, 0.15) is 21.6 Å². The maximum Gasteiger partial charge on any atom is 0.417 e. The molecule has 0 aliphatic carbocycles. The average molecular weight is 422 g/mol. The van der Waals surface area contributed by atoms with Gasteiger partial charge in [0.15, 0.2) is 5.82 Å². The molecule has 5 nitrogen and oxygen atoms in total. The summed E-state index contributed by atoms with van der Waals surface area (Å²) in [5.74, 6) is -0.187. The third kappa shape index (κ3) is 4.18. The summed E-state index contributed by atoms with van der Waals surface area (Å²) in [6.07, 6.45) is -2.36. The molecule has 4 rings (SSSR count). The maximum absolute atomic E-state index is 12.9. The van der Waals surface area contributed by atoms with Crippen molar-refractivity contribution in [1.82, 2.24) is 14.8 Å². The van der Waals surface area contributed by atoms with Crippen molar-refractivity contribution < 1.29 is 18.0 Å². The molecule has 31 heavy (non-hydrogen) atoms. The van der Waals surface area contributed by atoms with Gasteiger partial charge in [-0.05, 0) is 30.7 Å². The van der Waals surface area contributed by atoms with E-state index in [1.54, 1.807) is 13.0 Å². The van der Waals surface area contributed by atoms with E-state index in [-0.39, 0.29) is 11.7 Å². The third-order valence-electron chi connectivity index (χ3n) is 4.81. The number of aromatic nitrogens is 3. The fourth-order valence-corrected chi connectivity index (χ4v) is 3.19. The minimum absolute atomic E-state index is 0.189. The van der Waals surface area contributed by atoms with E-state index in [0.717, 1.165) is 23.4 Å². The van der Waals surface area contributed by atoms with Gasteiger partial charge >= 0.3 is 6.18 Å². The second-order valence-corrected chi connectivity index (χ2v) is 6.82. The molecule has 2 aromatic carbocycles. The first-order valence-electron chi connectivity index (χ1n) is 9.38. The van der Waals surface area contributed by atoms with Gasteiger partial charge in [-0.15, -0.1) is 0 Å². The zero-order valence-electron chi connectivity index (χ0n) is 16.4. The molecule has 0 atom stereocenters. The number of carbonyl (C=O) groups excluding carboxylic acids is 1. The summed E-state index contributed by atoms with van der Waals surface area (Å²) in [5.41, 5.74) is 2.37. The Kier molecular flexibility index (Phi) is 5.29. The molecular weight excluding hydrogens is 405 g/mol. The monoisotopic (exact) mass is 422 g/mol. The summed E-state index contributed by atoms with van der Waals surface area (Å²) >= 11 is 0. The highest BCUT2D eigenvalue weighted by Crippen LogP contribution is 2.30. The minimum atomic E-state index is -4.47. The van der Waals surface area contributed by atoms with Gasteiger partial charge in [-0.25, -0.2) is 9.67 Å². The van der Waals surface area contributed by atoms with Crippen LogP contribution in [0.15, 0.2) is 79.1 Å². The molecule has 0 spiro atoms. The van der Waals surface area contributed by atoms with Crippen LogP contribution in [0.3, 0.4) is 0 Å². The highest BCUT2D eigenvalue weighted by Gasteiger charge is 2.30. The molecule has 1 N–H and O–H groups in total.